The minimum Gasteiger partial charge on any atom is -0.235 e. The number of unbranched alkanes of at least 4 members (excludes halogenated alkanes) is 19. The van der Waals surface area contributed by atoms with Gasteiger partial charge in [-0.1, -0.05) is 129 Å². The highest BCUT2D eigenvalue weighted by atomic mass is 15.1. The van der Waals surface area contributed by atoms with Crippen molar-refractivity contribution in [2.45, 2.75) is 175 Å². The molecule has 1 heterocycles. The zero-order valence-electron chi connectivity index (χ0n) is 22.5. The van der Waals surface area contributed by atoms with Crippen molar-refractivity contribution in [3.63, 3.8) is 0 Å². The largest absolute Gasteiger partial charge is 0.256 e. The Morgan fingerprint density at radius 2 is 0.938 bits per heavy atom. The normalized spacial score (nSPS) is 11.5. The molecule has 0 spiro atoms. The molecule has 0 amide bonds. The molecular formula is C30H59N2+. The molecule has 0 aliphatic carbocycles. The van der Waals surface area contributed by atoms with Crippen LogP contribution in [0.25, 0.3) is 0 Å². The summed E-state index contributed by atoms with van der Waals surface area (Å²) < 4.78 is 5.01. The summed E-state index contributed by atoms with van der Waals surface area (Å²) in [6.07, 6.45) is 35.9. The predicted molar refractivity (Wildman–Crippen MR) is 142 cm³/mol. The summed E-state index contributed by atoms with van der Waals surface area (Å²) in [5.74, 6) is 1.56. The van der Waals surface area contributed by atoms with E-state index in [-0.39, 0.29) is 0 Å². The van der Waals surface area contributed by atoms with Gasteiger partial charge in [-0.2, -0.15) is 0 Å². The number of aromatic nitrogens is 2. The van der Waals surface area contributed by atoms with E-state index in [1.807, 2.05) is 0 Å². The van der Waals surface area contributed by atoms with Crippen LogP contribution in [0.4, 0.5) is 0 Å². The highest BCUT2D eigenvalue weighted by Crippen LogP contribution is 2.14. The average Bonchev–Trinajstić information content (AvgIpc) is 3.20. The first kappa shape index (κ1) is 29.2. The van der Waals surface area contributed by atoms with Gasteiger partial charge < -0.3 is 0 Å². The maximum absolute atomic E-state index is 2.54. The van der Waals surface area contributed by atoms with Gasteiger partial charge in [0.2, 0.25) is 0 Å². The number of imidazole rings is 1. The second-order valence-electron chi connectivity index (χ2n) is 10.2. The minimum atomic E-state index is 1.11. The first-order chi connectivity index (χ1) is 15.8. The molecule has 0 bridgehead atoms. The Kier molecular flexibility index (Phi) is 20.1. The molecule has 32 heavy (non-hydrogen) atoms. The Bertz CT molecular complexity index is 505. The van der Waals surface area contributed by atoms with E-state index in [4.69, 9.17) is 0 Å². The van der Waals surface area contributed by atoms with E-state index < -0.39 is 0 Å². The molecule has 1 aromatic heterocycles. The van der Waals surface area contributed by atoms with Gasteiger partial charge in [0.15, 0.2) is 0 Å². The zero-order chi connectivity index (χ0) is 23.1. The van der Waals surface area contributed by atoms with Crippen molar-refractivity contribution in [2.75, 3.05) is 0 Å². The van der Waals surface area contributed by atoms with Gasteiger partial charge in [0.25, 0.3) is 5.82 Å². The molecule has 0 aliphatic heterocycles. The van der Waals surface area contributed by atoms with E-state index >= 15 is 0 Å². The number of hydrogen-bond donors (Lipinski definition) is 0. The highest BCUT2D eigenvalue weighted by Gasteiger charge is 2.15. The van der Waals surface area contributed by atoms with E-state index in [0.29, 0.717) is 0 Å². The SMILES string of the molecule is CCCCCCCCCCCCCCCCCCc1n(CC)cc[n+]1CCCCCCC. The second-order valence-corrected chi connectivity index (χ2v) is 10.2. The van der Waals surface area contributed by atoms with Gasteiger partial charge >= 0.3 is 0 Å². The fourth-order valence-corrected chi connectivity index (χ4v) is 4.99. The molecule has 0 aromatic carbocycles. The van der Waals surface area contributed by atoms with Gasteiger partial charge in [-0.15, -0.1) is 0 Å². The monoisotopic (exact) mass is 447 g/mol. The van der Waals surface area contributed by atoms with Crippen LogP contribution in [0, 0.1) is 0 Å². The molecule has 2 heteroatoms. The van der Waals surface area contributed by atoms with Crippen LogP contribution in [-0.2, 0) is 19.5 Å². The van der Waals surface area contributed by atoms with Crippen LogP contribution in [0.1, 0.15) is 161 Å². The van der Waals surface area contributed by atoms with Crippen molar-refractivity contribution in [3.8, 4) is 0 Å². The van der Waals surface area contributed by atoms with Crippen LogP contribution in [0.2, 0.25) is 0 Å². The van der Waals surface area contributed by atoms with Crippen molar-refractivity contribution >= 4 is 0 Å². The summed E-state index contributed by atoms with van der Waals surface area (Å²) in [7, 11) is 0. The number of hydrogen-bond acceptors (Lipinski definition) is 0. The van der Waals surface area contributed by atoms with Gasteiger partial charge in [0.05, 0.1) is 13.1 Å². The van der Waals surface area contributed by atoms with Crippen molar-refractivity contribution in [1.29, 1.82) is 0 Å². The lowest BCUT2D eigenvalue weighted by Gasteiger charge is -2.05. The van der Waals surface area contributed by atoms with Gasteiger partial charge in [-0.3, -0.25) is 0 Å². The lowest BCUT2D eigenvalue weighted by atomic mass is 10.0. The van der Waals surface area contributed by atoms with Crippen LogP contribution < -0.4 is 4.57 Å². The van der Waals surface area contributed by atoms with Gasteiger partial charge in [-0.25, -0.2) is 9.13 Å². The van der Waals surface area contributed by atoms with Gasteiger partial charge in [0, 0.05) is 6.42 Å². The van der Waals surface area contributed by atoms with E-state index in [9.17, 15) is 0 Å². The average molecular weight is 448 g/mol. The lowest BCUT2D eigenvalue weighted by molar-refractivity contribution is -0.704. The molecule has 1 aromatic rings. The highest BCUT2D eigenvalue weighted by molar-refractivity contribution is 4.83. The third kappa shape index (κ3) is 15.1. The Labute approximate surface area is 202 Å². The Balaban J connectivity index is 1.98. The van der Waals surface area contributed by atoms with E-state index in [2.05, 4.69) is 42.3 Å². The van der Waals surface area contributed by atoms with Crippen molar-refractivity contribution in [2.24, 2.45) is 0 Å². The molecule has 0 unspecified atom stereocenters. The molecule has 0 N–H and O–H groups in total. The van der Waals surface area contributed by atoms with Crippen LogP contribution in [0.5, 0.6) is 0 Å². The Morgan fingerprint density at radius 1 is 0.531 bits per heavy atom. The summed E-state index contributed by atoms with van der Waals surface area (Å²) in [6.45, 7) is 9.20. The molecule has 0 saturated carbocycles. The van der Waals surface area contributed by atoms with Crippen molar-refractivity contribution in [3.05, 3.63) is 18.2 Å². The Morgan fingerprint density at radius 3 is 1.38 bits per heavy atom. The maximum atomic E-state index is 2.54. The van der Waals surface area contributed by atoms with Crippen molar-refractivity contribution in [1.82, 2.24) is 4.57 Å². The molecule has 1 rings (SSSR count). The summed E-state index contributed by atoms with van der Waals surface area (Å²) in [5.41, 5.74) is 0. The van der Waals surface area contributed by atoms with E-state index in [0.717, 1.165) is 6.54 Å². The molecule has 0 saturated heterocycles. The fraction of sp³-hybridized carbons (Fsp3) is 0.900. The van der Waals surface area contributed by atoms with E-state index in [1.165, 1.54) is 148 Å². The maximum Gasteiger partial charge on any atom is 0.256 e. The molecular weight excluding hydrogens is 388 g/mol. The van der Waals surface area contributed by atoms with Crippen LogP contribution in [0.15, 0.2) is 12.4 Å². The van der Waals surface area contributed by atoms with Crippen LogP contribution in [0.3, 0.4) is 0 Å². The molecule has 0 atom stereocenters. The summed E-state index contributed by atoms with van der Waals surface area (Å²) in [6, 6.07) is 0. The molecule has 188 valence electrons. The molecule has 0 fully saturated rings. The second kappa shape index (κ2) is 22.0. The zero-order valence-corrected chi connectivity index (χ0v) is 22.5. The fourth-order valence-electron chi connectivity index (χ4n) is 4.99. The standard InChI is InChI=1S/C30H59N2/c1-4-7-9-11-12-13-14-15-16-17-18-19-20-21-22-24-26-30-31(6-3)28-29-32(30)27-25-23-10-8-5-2/h28-29H,4-27H2,1-3H3/q+1. The minimum absolute atomic E-state index is 1.11. The summed E-state index contributed by atoms with van der Waals surface area (Å²) >= 11 is 0. The number of aryl methyl sites for hydroxylation is 2. The van der Waals surface area contributed by atoms with Gasteiger partial charge in [-0.05, 0) is 26.2 Å². The first-order valence-corrected chi connectivity index (χ1v) is 14.9. The number of rotatable bonds is 24. The van der Waals surface area contributed by atoms with Gasteiger partial charge in [0.1, 0.15) is 12.4 Å². The first-order valence-electron chi connectivity index (χ1n) is 14.9. The predicted octanol–water partition coefficient (Wildman–Crippen LogP) is 9.57. The number of nitrogens with zero attached hydrogens (tertiary/aromatic N) is 2. The smallest absolute Gasteiger partial charge is 0.235 e. The third-order valence-corrected chi connectivity index (χ3v) is 7.19. The Hall–Kier alpha value is -0.790. The molecule has 0 aliphatic rings. The topological polar surface area (TPSA) is 8.81 Å². The lowest BCUT2D eigenvalue weighted by Crippen LogP contribution is -2.37. The summed E-state index contributed by atoms with van der Waals surface area (Å²) in [4.78, 5) is 0. The van der Waals surface area contributed by atoms with E-state index in [1.54, 1.807) is 5.82 Å². The van der Waals surface area contributed by atoms with Crippen LogP contribution in [-0.4, -0.2) is 4.57 Å². The van der Waals surface area contributed by atoms with Crippen molar-refractivity contribution < 1.29 is 4.57 Å². The summed E-state index contributed by atoms with van der Waals surface area (Å²) in [5, 5.41) is 0. The third-order valence-electron chi connectivity index (χ3n) is 7.19. The quantitative estimate of drug-likeness (QED) is 0.110. The van der Waals surface area contributed by atoms with Crippen LogP contribution >= 0.6 is 0 Å². The molecule has 2 nitrogen and oxygen atoms in total. The molecule has 0 radical (unpaired) electrons.